The number of hydrogen-bond acceptors (Lipinski definition) is 3. The first kappa shape index (κ1) is 10.4. The molecular formula is C10H14ClNOS. The summed E-state index contributed by atoms with van der Waals surface area (Å²) >= 11 is 7.58. The van der Waals surface area contributed by atoms with Gasteiger partial charge in [0.05, 0.1) is 5.75 Å². The first-order valence-electron chi connectivity index (χ1n) is 4.90. The van der Waals surface area contributed by atoms with Crippen LogP contribution >= 0.6 is 23.4 Å². The molecule has 1 aliphatic heterocycles. The Morgan fingerprint density at radius 2 is 2.50 bits per heavy atom. The molecule has 0 aromatic carbocycles. The first-order valence-corrected chi connectivity index (χ1v) is 6.43. The quantitative estimate of drug-likeness (QED) is 0.863. The normalized spacial score (nSPS) is 21.6. The van der Waals surface area contributed by atoms with Crippen molar-refractivity contribution in [2.75, 3.05) is 12.3 Å². The van der Waals surface area contributed by atoms with Crippen LogP contribution in [0, 0.1) is 0 Å². The van der Waals surface area contributed by atoms with E-state index in [0.29, 0.717) is 11.3 Å². The predicted octanol–water partition coefficient (Wildman–Crippen LogP) is 2.92. The van der Waals surface area contributed by atoms with Gasteiger partial charge in [0, 0.05) is 11.8 Å². The third-order valence-electron chi connectivity index (χ3n) is 2.35. The molecule has 0 amide bonds. The second-order valence-corrected chi connectivity index (χ2v) is 4.92. The molecule has 2 heterocycles. The summed E-state index contributed by atoms with van der Waals surface area (Å²) in [5, 5.41) is 3.96. The third kappa shape index (κ3) is 2.94. The van der Waals surface area contributed by atoms with Gasteiger partial charge in [0.1, 0.15) is 5.76 Å². The largest absolute Gasteiger partial charge is 0.449 e. The van der Waals surface area contributed by atoms with Crippen LogP contribution in [0.1, 0.15) is 18.6 Å². The van der Waals surface area contributed by atoms with Crippen molar-refractivity contribution in [3.05, 3.63) is 23.1 Å². The summed E-state index contributed by atoms with van der Waals surface area (Å²) in [7, 11) is 0. The average molecular weight is 232 g/mol. The van der Waals surface area contributed by atoms with Gasteiger partial charge in [-0.3, -0.25) is 0 Å². The van der Waals surface area contributed by atoms with Crippen LogP contribution in [0.5, 0.6) is 0 Å². The highest BCUT2D eigenvalue weighted by Gasteiger charge is 2.13. The average Bonchev–Trinajstić information content (AvgIpc) is 2.77. The summed E-state index contributed by atoms with van der Waals surface area (Å²) in [4.78, 5) is 0. The molecule has 1 atom stereocenters. The van der Waals surface area contributed by atoms with Gasteiger partial charge in [-0.05, 0) is 43.1 Å². The molecule has 1 saturated heterocycles. The minimum absolute atomic E-state index is 0.486. The van der Waals surface area contributed by atoms with E-state index in [2.05, 4.69) is 5.32 Å². The number of rotatable bonds is 4. The topological polar surface area (TPSA) is 25.2 Å². The van der Waals surface area contributed by atoms with Crippen LogP contribution in [0.4, 0.5) is 0 Å². The Bertz CT molecular complexity index is 283. The maximum absolute atomic E-state index is 5.68. The number of furan rings is 1. The Hall–Kier alpha value is -0.120. The lowest BCUT2D eigenvalue weighted by atomic mass is 10.3. The summed E-state index contributed by atoms with van der Waals surface area (Å²) in [6, 6.07) is 4.44. The second-order valence-electron chi connectivity index (χ2n) is 3.51. The Morgan fingerprint density at radius 3 is 3.14 bits per heavy atom. The van der Waals surface area contributed by atoms with Gasteiger partial charge in [-0.1, -0.05) is 0 Å². The molecular weight excluding hydrogens is 218 g/mol. The fraction of sp³-hybridized carbons (Fsp3) is 0.600. The fourth-order valence-corrected chi connectivity index (χ4v) is 2.84. The molecule has 0 unspecified atom stereocenters. The van der Waals surface area contributed by atoms with Gasteiger partial charge in [-0.15, -0.1) is 0 Å². The highest BCUT2D eigenvalue weighted by Crippen LogP contribution is 2.20. The van der Waals surface area contributed by atoms with Crippen LogP contribution in [0.3, 0.4) is 0 Å². The van der Waals surface area contributed by atoms with Crippen molar-refractivity contribution < 1.29 is 4.42 Å². The van der Waals surface area contributed by atoms with E-state index in [1.165, 1.54) is 19.4 Å². The zero-order valence-electron chi connectivity index (χ0n) is 7.96. The molecule has 1 aliphatic rings. The summed E-state index contributed by atoms with van der Waals surface area (Å²) in [6.45, 7) is 1.18. The second kappa shape index (κ2) is 5.10. The van der Waals surface area contributed by atoms with Gasteiger partial charge < -0.3 is 9.73 Å². The molecule has 1 N–H and O–H groups in total. The molecule has 2 rings (SSSR count). The van der Waals surface area contributed by atoms with Gasteiger partial charge in [-0.2, -0.15) is 11.8 Å². The summed E-state index contributed by atoms with van der Waals surface area (Å²) < 4.78 is 5.27. The zero-order chi connectivity index (χ0) is 9.80. The predicted molar refractivity (Wildman–Crippen MR) is 60.9 cm³/mol. The smallest absolute Gasteiger partial charge is 0.193 e. The van der Waals surface area contributed by atoms with Crippen molar-refractivity contribution in [3.8, 4) is 0 Å². The first-order chi connectivity index (χ1) is 6.84. The molecule has 0 aliphatic carbocycles. The van der Waals surface area contributed by atoms with Crippen LogP contribution in [-0.2, 0) is 5.75 Å². The fourth-order valence-electron chi connectivity index (χ4n) is 1.63. The number of halogens is 1. The van der Waals surface area contributed by atoms with E-state index in [4.69, 9.17) is 16.0 Å². The summed E-state index contributed by atoms with van der Waals surface area (Å²) in [5.41, 5.74) is 0. The maximum Gasteiger partial charge on any atom is 0.193 e. The third-order valence-corrected chi connectivity index (χ3v) is 3.68. The van der Waals surface area contributed by atoms with Crippen molar-refractivity contribution in [1.82, 2.24) is 5.32 Å². The molecule has 14 heavy (non-hydrogen) atoms. The van der Waals surface area contributed by atoms with E-state index in [0.717, 1.165) is 17.3 Å². The number of hydrogen-bond donors (Lipinski definition) is 1. The van der Waals surface area contributed by atoms with E-state index in [-0.39, 0.29) is 0 Å². The minimum Gasteiger partial charge on any atom is -0.449 e. The highest BCUT2D eigenvalue weighted by atomic mass is 35.5. The molecule has 4 heteroatoms. The molecule has 78 valence electrons. The molecule has 0 spiro atoms. The number of nitrogens with one attached hydrogen (secondary N) is 1. The van der Waals surface area contributed by atoms with Crippen LogP contribution < -0.4 is 5.32 Å². The lowest BCUT2D eigenvalue weighted by Crippen LogP contribution is -2.23. The van der Waals surface area contributed by atoms with E-state index >= 15 is 0 Å². The highest BCUT2D eigenvalue weighted by molar-refractivity contribution is 7.98. The molecule has 0 radical (unpaired) electrons. The van der Waals surface area contributed by atoms with Gasteiger partial charge in [0.25, 0.3) is 0 Å². The monoisotopic (exact) mass is 231 g/mol. The van der Waals surface area contributed by atoms with Gasteiger partial charge in [0.15, 0.2) is 5.22 Å². The van der Waals surface area contributed by atoms with Crippen LogP contribution in [0.25, 0.3) is 0 Å². The zero-order valence-corrected chi connectivity index (χ0v) is 9.53. The molecule has 1 aromatic heterocycles. The number of thioether (sulfide) groups is 1. The summed E-state index contributed by atoms with van der Waals surface area (Å²) in [5.74, 6) is 3.06. The van der Waals surface area contributed by atoms with Crippen LogP contribution in [0.15, 0.2) is 16.5 Å². The van der Waals surface area contributed by atoms with Crippen molar-refractivity contribution in [2.45, 2.75) is 24.6 Å². The van der Waals surface area contributed by atoms with E-state index in [1.54, 1.807) is 6.07 Å². The summed E-state index contributed by atoms with van der Waals surface area (Å²) in [6.07, 6.45) is 2.63. The maximum atomic E-state index is 5.68. The SMILES string of the molecule is Clc1ccc(CSC[C@H]2CCCN2)o1. The molecule has 0 saturated carbocycles. The van der Waals surface area contributed by atoms with Crippen molar-refractivity contribution in [1.29, 1.82) is 0 Å². The van der Waals surface area contributed by atoms with Gasteiger partial charge >= 0.3 is 0 Å². The van der Waals surface area contributed by atoms with Crippen LogP contribution in [0.2, 0.25) is 5.22 Å². The van der Waals surface area contributed by atoms with Gasteiger partial charge in [-0.25, -0.2) is 0 Å². The van der Waals surface area contributed by atoms with Gasteiger partial charge in [0.2, 0.25) is 0 Å². The Morgan fingerprint density at radius 1 is 1.57 bits per heavy atom. The molecule has 0 bridgehead atoms. The molecule has 1 aromatic rings. The lowest BCUT2D eigenvalue weighted by Gasteiger charge is -2.07. The standard InChI is InChI=1S/C10H14ClNOS/c11-10-4-3-9(13-10)7-14-6-8-2-1-5-12-8/h3-4,8,12H,1-2,5-7H2/t8-/m1/s1. The van der Waals surface area contributed by atoms with Crippen molar-refractivity contribution >= 4 is 23.4 Å². The van der Waals surface area contributed by atoms with E-state index in [9.17, 15) is 0 Å². The molecule has 2 nitrogen and oxygen atoms in total. The van der Waals surface area contributed by atoms with E-state index in [1.807, 2.05) is 17.8 Å². The Labute approximate surface area is 93.4 Å². The minimum atomic E-state index is 0.486. The Kier molecular flexibility index (Phi) is 3.79. The lowest BCUT2D eigenvalue weighted by molar-refractivity contribution is 0.532. The van der Waals surface area contributed by atoms with Crippen molar-refractivity contribution in [3.63, 3.8) is 0 Å². The molecule has 1 fully saturated rings. The van der Waals surface area contributed by atoms with Crippen molar-refractivity contribution in [2.24, 2.45) is 0 Å². The Balaban J connectivity index is 1.67. The van der Waals surface area contributed by atoms with E-state index < -0.39 is 0 Å². The van der Waals surface area contributed by atoms with Crippen LogP contribution in [-0.4, -0.2) is 18.3 Å².